The topological polar surface area (TPSA) is 78.7 Å². The second kappa shape index (κ2) is 5.85. The van der Waals surface area contributed by atoms with Crippen LogP contribution >= 0.6 is 0 Å². The molecule has 1 unspecified atom stereocenters. The van der Waals surface area contributed by atoms with E-state index in [-0.39, 0.29) is 5.75 Å². The van der Waals surface area contributed by atoms with Crippen molar-refractivity contribution in [3.05, 3.63) is 34.1 Å². The van der Waals surface area contributed by atoms with Gasteiger partial charge in [-0.15, -0.1) is 0 Å². The molecule has 0 spiro atoms. The van der Waals surface area contributed by atoms with Gasteiger partial charge in [0, 0.05) is 0 Å². The Morgan fingerprint density at radius 2 is 2.00 bits per heavy atom. The number of benzene rings is 1. The molecule has 7 heteroatoms. The number of ether oxygens (including phenoxy) is 2. The van der Waals surface area contributed by atoms with E-state index in [1.807, 2.05) is 0 Å². The van der Waals surface area contributed by atoms with Gasteiger partial charge in [-0.2, -0.15) is 0 Å². The molecule has 0 amide bonds. The normalized spacial score (nSPS) is 12.7. The highest BCUT2D eigenvalue weighted by atomic mass is 19.1. The van der Waals surface area contributed by atoms with Crippen molar-refractivity contribution in [1.82, 2.24) is 0 Å². The number of halogens is 1. The van der Waals surface area contributed by atoms with Crippen LogP contribution in [0.3, 0.4) is 0 Å². The van der Waals surface area contributed by atoms with Gasteiger partial charge in [-0.05, 0) is 39.8 Å². The molecular formula is C13H16FNO5. The second-order valence-electron chi connectivity index (χ2n) is 5.16. The summed E-state index contributed by atoms with van der Waals surface area (Å²) in [5, 5.41) is 10.8. The first-order chi connectivity index (χ1) is 9.10. The molecule has 0 fully saturated rings. The van der Waals surface area contributed by atoms with Gasteiger partial charge in [0.05, 0.1) is 11.0 Å². The average molecular weight is 285 g/mol. The van der Waals surface area contributed by atoms with E-state index in [2.05, 4.69) is 0 Å². The van der Waals surface area contributed by atoms with Gasteiger partial charge in [0.2, 0.25) is 0 Å². The van der Waals surface area contributed by atoms with Gasteiger partial charge in [0.1, 0.15) is 11.4 Å². The molecule has 0 aromatic heterocycles. The molecule has 0 N–H and O–H groups in total. The lowest BCUT2D eigenvalue weighted by molar-refractivity contribution is -0.386. The van der Waals surface area contributed by atoms with E-state index in [1.165, 1.54) is 6.92 Å². The molecule has 1 rings (SSSR count). The number of esters is 1. The van der Waals surface area contributed by atoms with E-state index in [0.717, 1.165) is 18.2 Å². The summed E-state index contributed by atoms with van der Waals surface area (Å²) in [7, 11) is 0. The SMILES string of the molecule is CC(Oc1ccc(F)cc1[N+](=O)[O-])C(=O)OC(C)(C)C. The van der Waals surface area contributed by atoms with Gasteiger partial charge in [-0.25, -0.2) is 9.18 Å². The zero-order valence-corrected chi connectivity index (χ0v) is 11.7. The summed E-state index contributed by atoms with van der Waals surface area (Å²) in [5.74, 6) is -1.60. The number of rotatable bonds is 4. The molecule has 0 aliphatic rings. The largest absolute Gasteiger partial charge is 0.472 e. The first-order valence-electron chi connectivity index (χ1n) is 5.93. The smallest absolute Gasteiger partial charge is 0.347 e. The van der Waals surface area contributed by atoms with Crippen LogP contribution in [0.1, 0.15) is 27.7 Å². The van der Waals surface area contributed by atoms with E-state index in [9.17, 15) is 19.3 Å². The summed E-state index contributed by atoms with van der Waals surface area (Å²) in [4.78, 5) is 21.7. The first-order valence-corrected chi connectivity index (χ1v) is 5.93. The van der Waals surface area contributed by atoms with Crippen LogP contribution in [-0.2, 0) is 9.53 Å². The maximum Gasteiger partial charge on any atom is 0.347 e. The molecule has 1 atom stereocenters. The third-order valence-electron chi connectivity index (χ3n) is 2.16. The Balaban J connectivity index is 2.88. The number of carbonyl (C=O) groups excluding carboxylic acids is 1. The Labute approximate surface area is 115 Å². The standard InChI is InChI=1S/C13H16FNO5/c1-8(12(16)20-13(2,3)4)19-11-6-5-9(14)7-10(11)15(17)18/h5-8H,1-4H3. The molecule has 110 valence electrons. The molecule has 0 bridgehead atoms. The fourth-order valence-electron chi connectivity index (χ4n) is 1.36. The highest BCUT2D eigenvalue weighted by Gasteiger charge is 2.26. The molecule has 20 heavy (non-hydrogen) atoms. The van der Waals surface area contributed by atoms with Crippen LogP contribution in [0.25, 0.3) is 0 Å². The number of nitrogens with zero attached hydrogens (tertiary/aromatic N) is 1. The van der Waals surface area contributed by atoms with E-state index in [0.29, 0.717) is 0 Å². The molecular weight excluding hydrogens is 269 g/mol. The van der Waals surface area contributed by atoms with Crippen LogP contribution in [0.15, 0.2) is 18.2 Å². The maximum absolute atomic E-state index is 13.0. The van der Waals surface area contributed by atoms with Gasteiger partial charge < -0.3 is 9.47 Å². The van der Waals surface area contributed by atoms with Crippen molar-refractivity contribution in [2.45, 2.75) is 39.4 Å². The van der Waals surface area contributed by atoms with Gasteiger partial charge in [0.25, 0.3) is 0 Å². The van der Waals surface area contributed by atoms with Crippen LogP contribution in [-0.4, -0.2) is 22.6 Å². The fourth-order valence-corrected chi connectivity index (χ4v) is 1.36. The molecule has 0 saturated heterocycles. The van der Waals surface area contributed by atoms with E-state index in [4.69, 9.17) is 9.47 Å². The number of nitro groups is 1. The summed E-state index contributed by atoms with van der Waals surface area (Å²) in [6.45, 7) is 6.48. The van der Waals surface area contributed by atoms with Gasteiger partial charge >= 0.3 is 11.7 Å². The summed E-state index contributed by atoms with van der Waals surface area (Å²) in [5.41, 5.74) is -1.23. The Morgan fingerprint density at radius 1 is 1.40 bits per heavy atom. The predicted octanol–water partition coefficient (Wildman–Crippen LogP) is 2.84. The Morgan fingerprint density at radius 3 is 2.50 bits per heavy atom. The maximum atomic E-state index is 13.0. The Hall–Kier alpha value is -2.18. The summed E-state index contributed by atoms with van der Waals surface area (Å²) >= 11 is 0. The van der Waals surface area contributed by atoms with Gasteiger partial charge in [0.15, 0.2) is 11.9 Å². The van der Waals surface area contributed by atoms with Crippen molar-refractivity contribution in [1.29, 1.82) is 0 Å². The van der Waals surface area contributed by atoms with Crippen LogP contribution < -0.4 is 4.74 Å². The average Bonchev–Trinajstić information content (AvgIpc) is 2.28. The van der Waals surface area contributed by atoms with E-state index < -0.39 is 34.1 Å². The van der Waals surface area contributed by atoms with Crippen LogP contribution in [0.5, 0.6) is 5.75 Å². The minimum absolute atomic E-state index is 0.185. The summed E-state index contributed by atoms with van der Waals surface area (Å²) in [6, 6.07) is 2.86. The molecule has 1 aromatic carbocycles. The molecule has 6 nitrogen and oxygen atoms in total. The third-order valence-corrected chi connectivity index (χ3v) is 2.16. The number of hydrogen-bond donors (Lipinski definition) is 0. The van der Waals surface area contributed by atoms with Crippen molar-refractivity contribution < 1.29 is 23.6 Å². The van der Waals surface area contributed by atoms with Crippen LogP contribution in [0.2, 0.25) is 0 Å². The summed E-state index contributed by atoms with van der Waals surface area (Å²) in [6.07, 6.45) is -1.04. The van der Waals surface area contributed by atoms with Crippen molar-refractivity contribution in [3.8, 4) is 5.75 Å². The monoisotopic (exact) mass is 285 g/mol. The zero-order valence-electron chi connectivity index (χ0n) is 11.7. The Kier molecular flexibility index (Phi) is 4.65. The predicted molar refractivity (Wildman–Crippen MR) is 69.0 cm³/mol. The molecule has 0 radical (unpaired) electrons. The number of hydrogen-bond acceptors (Lipinski definition) is 5. The van der Waals surface area contributed by atoms with Crippen LogP contribution in [0.4, 0.5) is 10.1 Å². The zero-order chi connectivity index (χ0) is 15.5. The molecule has 0 heterocycles. The lowest BCUT2D eigenvalue weighted by Crippen LogP contribution is -2.33. The molecule has 0 aliphatic carbocycles. The lowest BCUT2D eigenvalue weighted by Gasteiger charge is -2.22. The highest BCUT2D eigenvalue weighted by Crippen LogP contribution is 2.28. The molecule has 1 aromatic rings. The van der Waals surface area contributed by atoms with E-state index in [1.54, 1.807) is 20.8 Å². The number of nitro benzene ring substituents is 1. The molecule has 0 aliphatic heterocycles. The Bertz CT molecular complexity index is 524. The first kappa shape index (κ1) is 15.9. The highest BCUT2D eigenvalue weighted by molar-refractivity contribution is 5.75. The fraction of sp³-hybridized carbons (Fsp3) is 0.462. The molecule has 0 saturated carbocycles. The lowest BCUT2D eigenvalue weighted by atomic mass is 10.2. The number of carbonyl (C=O) groups is 1. The van der Waals surface area contributed by atoms with Crippen molar-refractivity contribution in [3.63, 3.8) is 0 Å². The quantitative estimate of drug-likeness (QED) is 0.483. The third kappa shape index (κ3) is 4.49. The van der Waals surface area contributed by atoms with Crippen molar-refractivity contribution >= 4 is 11.7 Å². The van der Waals surface area contributed by atoms with Crippen molar-refractivity contribution in [2.24, 2.45) is 0 Å². The minimum Gasteiger partial charge on any atom is -0.472 e. The minimum atomic E-state index is -1.04. The van der Waals surface area contributed by atoms with Crippen molar-refractivity contribution in [2.75, 3.05) is 0 Å². The second-order valence-corrected chi connectivity index (χ2v) is 5.16. The van der Waals surface area contributed by atoms with E-state index >= 15 is 0 Å². The van der Waals surface area contributed by atoms with Gasteiger partial charge in [-0.3, -0.25) is 10.1 Å². The van der Waals surface area contributed by atoms with Gasteiger partial charge in [-0.1, -0.05) is 0 Å². The summed E-state index contributed by atoms with van der Waals surface area (Å²) < 4.78 is 23.2. The van der Waals surface area contributed by atoms with Crippen LogP contribution in [0, 0.1) is 15.9 Å².